The van der Waals surface area contributed by atoms with Crippen LogP contribution in [0.1, 0.15) is 42.7 Å². The number of nitrogens with one attached hydrogen (secondary N) is 1. The minimum absolute atomic E-state index is 0.313. The number of unbranched alkanes of at least 4 members (excludes halogenated alkanes) is 1. The van der Waals surface area contributed by atoms with Gasteiger partial charge in [0.15, 0.2) is 0 Å². The van der Waals surface area contributed by atoms with Crippen molar-refractivity contribution in [2.24, 2.45) is 0 Å². The predicted molar refractivity (Wildman–Crippen MR) is 121 cm³/mol. The first-order valence-electron chi connectivity index (χ1n) is 10.7. The third-order valence-corrected chi connectivity index (χ3v) is 6.36. The summed E-state index contributed by atoms with van der Waals surface area (Å²) < 4.78 is 4.96. The number of halogens is 1. The molecule has 0 spiro atoms. The molecule has 2 aromatic carbocycles. The maximum atomic E-state index is 11.0. The molecular formula is C24H27ClN2O4. The lowest BCUT2D eigenvalue weighted by Gasteiger charge is -2.33. The van der Waals surface area contributed by atoms with E-state index in [1.165, 1.54) is 5.56 Å². The second kappa shape index (κ2) is 9.62. The highest BCUT2D eigenvalue weighted by Crippen LogP contribution is 2.35. The smallest absolute Gasteiger partial charge is 0.508 e. The molecule has 1 unspecified atom stereocenters. The van der Waals surface area contributed by atoms with Crippen LogP contribution in [-0.4, -0.2) is 45.9 Å². The zero-order chi connectivity index (χ0) is 21.8. The Kier molecular flexibility index (Phi) is 6.68. The topological polar surface area (TPSA) is 85.8 Å². The van der Waals surface area contributed by atoms with E-state index in [1.807, 2.05) is 18.3 Å². The highest BCUT2D eigenvalue weighted by Gasteiger charge is 2.21. The van der Waals surface area contributed by atoms with Crippen molar-refractivity contribution >= 4 is 28.7 Å². The third kappa shape index (κ3) is 5.14. The van der Waals surface area contributed by atoms with E-state index < -0.39 is 6.16 Å². The van der Waals surface area contributed by atoms with Crippen LogP contribution in [-0.2, 0) is 6.42 Å². The van der Waals surface area contributed by atoms with Crippen molar-refractivity contribution < 1.29 is 19.7 Å². The number of aryl methyl sites for hydroxylation is 1. The number of H-pyrrole nitrogens is 1. The number of aromatic nitrogens is 1. The van der Waals surface area contributed by atoms with Crippen molar-refractivity contribution in [3.05, 3.63) is 58.7 Å². The summed E-state index contributed by atoms with van der Waals surface area (Å²) in [5.41, 5.74) is 2.94. The van der Waals surface area contributed by atoms with Crippen molar-refractivity contribution in [2.45, 2.75) is 38.0 Å². The fraction of sp³-hybridized carbons (Fsp3) is 0.375. The molecule has 1 aliphatic rings. The highest BCUT2D eigenvalue weighted by atomic mass is 35.5. The van der Waals surface area contributed by atoms with Crippen LogP contribution in [0.2, 0.25) is 5.02 Å². The van der Waals surface area contributed by atoms with Gasteiger partial charge in [0.05, 0.1) is 10.5 Å². The van der Waals surface area contributed by atoms with Crippen LogP contribution in [0, 0.1) is 0 Å². The second-order valence-electron chi connectivity index (χ2n) is 8.17. The van der Waals surface area contributed by atoms with Gasteiger partial charge in [-0.2, -0.15) is 0 Å². The molecule has 3 aromatic rings. The number of nitrogens with zero attached hydrogens (tertiary/aromatic N) is 1. The Morgan fingerprint density at radius 2 is 2.13 bits per heavy atom. The molecule has 1 aromatic heterocycles. The van der Waals surface area contributed by atoms with Gasteiger partial charge in [0.2, 0.25) is 0 Å². The molecular weight excluding hydrogens is 416 g/mol. The molecule has 4 rings (SSSR count). The number of ether oxygens (including phenoxy) is 1. The normalized spacial score (nSPS) is 17.1. The van der Waals surface area contributed by atoms with E-state index in [2.05, 4.69) is 16.0 Å². The lowest BCUT2D eigenvalue weighted by molar-refractivity contribution is 0.145. The van der Waals surface area contributed by atoms with Crippen molar-refractivity contribution in [3.63, 3.8) is 0 Å². The molecule has 0 bridgehead atoms. The maximum absolute atomic E-state index is 11.0. The summed E-state index contributed by atoms with van der Waals surface area (Å²) in [6, 6.07) is 10.9. The summed E-state index contributed by atoms with van der Waals surface area (Å²) in [6.07, 6.45) is 5.74. The fourth-order valence-electron chi connectivity index (χ4n) is 4.59. The standard InChI is InChI=1S/C24H27ClN2O4/c25-20-9-10-21(31-24(29)30)22-17(14-26-23(20)22)5-1-2-11-27-12-4-7-18(15-27)16-6-3-8-19(28)13-16/h3,6,8-10,13-14,18,26,28H,1-2,4-5,7,11-12,15H2,(H,29,30). The predicted octanol–water partition coefficient (Wildman–Crippen LogP) is 5.79. The van der Waals surface area contributed by atoms with Gasteiger partial charge in [-0.15, -0.1) is 0 Å². The first-order valence-corrected chi connectivity index (χ1v) is 11.1. The van der Waals surface area contributed by atoms with Gasteiger partial charge >= 0.3 is 6.16 Å². The Labute approximate surface area is 186 Å². The summed E-state index contributed by atoms with van der Waals surface area (Å²) in [5.74, 6) is 1.11. The number of rotatable bonds is 7. The SMILES string of the molecule is O=C(O)Oc1ccc(Cl)c2[nH]cc(CCCCN3CCCC(c4cccc(O)c4)C3)c12. The number of phenolic OH excluding ortho intramolecular Hbond substituents is 1. The average Bonchev–Trinajstić information content (AvgIpc) is 3.18. The quantitative estimate of drug-likeness (QED) is 0.245. The van der Waals surface area contributed by atoms with E-state index in [1.54, 1.807) is 18.2 Å². The first-order chi connectivity index (χ1) is 15.0. The fourth-order valence-corrected chi connectivity index (χ4v) is 4.80. The Morgan fingerprint density at radius 1 is 1.26 bits per heavy atom. The van der Waals surface area contributed by atoms with Crippen LogP contribution in [0.5, 0.6) is 11.5 Å². The highest BCUT2D eigenvalue weighted by molar-refractivity contribution is 6.35. The van der Waals surface area contributed by atoms with E-state index in [-0.39, 0.29) is 0 Å². The summed E-state index contributed by atoms with van der Waals surface area (Å²) in [4.78, 5) is 16.7. The lowest BCUT2D eigenvalue weighted by Crippen LogP contribution is -2.35. The van der Waals surface area contributed by atoms with Crippen molar-refractivity contribution in [2.75, 3.05) is 19.6 Å². The molecule has 0 radical (unpaired) electrons. The number of piperidine rings is 1. The largest absolute Gasteiger partial charge is 0.511 e. The average molecular weight is 443 g/mol. The molecule has 7 heteroatoms. The van der Waals surface area contributed by atoms with E-state index >= 15 is 0 Å². The zero-order valence-corrected chi connectivity index (χ0v) is 18.1. The molecule has 3 N–H and O–H groups in total. The second-order valence-corrected chi connectivity index (χ2v) is 8.58. The minimum atomic E-state index is -1.33. The number of benzene rings is 2. The molecule has 2 heterocycles. The molecule has 31 heavy (non-hydrogen) atoms. The molecule has 1 saturated heterocycles. The summed E-state index contributed by atoms with van der Waals surface area (Å²) in [6.45, 7) is 3.15. The molecule has 0 amide bonds. The molecule has 1 atom stereocenters. The molecule has 0 aliphatic carbocycles. The lowest BCUT2D eigenvalue weighted by atomic mass is 9.90. The number of likely N-dealkylation sites (tertiary alicyclic amines) is 1. The molecule has 1 aliphatic heterocycles. The summed E-state index contributed by atoms with van der Waals surface area (Å²) in [7, 11) is 0. The summed E-state index contributed by atoms with van der Waals surface area (Å²) >= 11 is 6.26. The van der Waals surface area contributed by atoms with Crippen molar-refractivity contribution in [1.82, 2.24) is 9.88 Å². The van der Waals surface area contributed by atoms with E-state index in [0.29, 0.717) is 28.0 Å². The Morgan fingerprint density at radius 3 is 2.94 bits per heavy atom. The van der Waals surface area contributed by atoms with E-state index in [9.17, 15) is 9.90 Å². The Balaban J connectivity index is 1.34. The van der Waals surface area contributed by atoms with E-state index in [0.717, 1.165) is 62.7 Å². The van der Waals surface area contributed by atoms with Crippen molar-refractivity contribution in [3.8, 4) is 11.5 Å². The number of hydrogen-bond donors (Lipinski definition) is 3. The number of hydrogen-bond acceptors (Lipinski definition) is 4. The number of phenols is 1. The van der Waals surface area contributed by atoms with Gasteiger partial charge in [0.1, 0.15) is 11.5 Å². The first kappa shape index (κ1) is 21.5. The van der Waals surface area contributed by atoms with Crippen molar-refractivity contribution in [1.29, 1.82) is 0 Å². The molecule has 0 saturated carbocycles. The Bertz CT molecular complexity index is 1060. The van der Waals surface area contributed by atoms with Gasteiger partial charge in [0, 0.05) is 18.1 Å². The zero-order valence-electron chi connectivity index (χ0n) is 17.3. The maximum Gasteiger partial charge on any atom is 0.511 e. The monoisotopic (exact) mass is 442 g/mol. The minimum Gasteiger partial charge on any atom is -0.508 e. The van der Waals surface area contributed by atoms with E-state index in [4.69, 9.17) is 21.4 Å². The van der Waals surface area contributed by atoms with Crippen LogP contribution in [0.25, 0.3) is 10.9 Å². The molecule has 1 fully saturated rings. The van der Waals surface area contributed by atoms with Gasteiger partial charge in [-0.05, 0) is 86.5 Å². The van der Waals surface area contributed by atoms with Gasteiger partial charge < -0.3 is 24.8 Å². The number of carbonyl (C=O) groups is 1. The third-order valence-electron chi connectivity index (χ3n) is 6.04. The van der Waals surface area contributed by atoms with Crippen LogP contribution in [0.4, 0.5) is 4.79 Å². The molecule has 164 valence electrons. The number of fused-ring (bicyclic) bond motifs is 1. The Hall–Kier alpha value is -2.70. The van der Waals surface area contributed by atoms with Crippen LogP contribution in [0.3, 0.4) is 0 Å². The number of aromatic amines is 1. The van der Waals surface area contributed by atoms with Gasteiger partial charge in [-0.3, -0.25) is 0 Å². The number of carboxylic acid groups (broad SMARTS) is 1. The van der Waals surface area contributed by atoms with Gasteiger partial charge in [-0.1, -0.05) is 23.7 Å². The number of aromatic hydroxyl groups is 1. The van der Waals surface area contributed by atoms with Crippen LogP contribution >= 0.6 is 11.6 Å². The van der Waals surface area contributed by atoms with Crippen LogP contribution in [0.15, 0.2) is 42.6 Å². The van der Waals surface area contributed by atoms with Gasteiger partial charge in [0.25, 0.3) is 0 Å². The molecule has 6 nitrogen and oxygen atoms in total. The van der Waals surface area contributed by atoms with Gasteiger partial charge in [-0.25, -0.2) is 4.79 Å². The summed E-state index contributed by atoms with van der Waals surface area (Å²) in [5, 5.41) is 20.1. The van der Waals surface area contributed by atoms with Crippen LogP contribution < -0.4 is 4.74 Å².